The van der Waals surface area contributed by atoms with Crippen LogP contribution in [0.4, 0.5) is 5.69 Å². The molecule has 0 radical (unpaired) electrons. The lowest BCUT2D eigenvalue weighted by atomic mass is 10.2. The molecule has 0 saturated heterocycles. The van der Waals surface area contributed by atoms with E-state index in [4.69, 9.17) is 9.47 Å². The summed E-state index contributed by atoms with van der Waals surface area (Å²) >= 11 is 4.68. The number of benzene rings is 1. The Morgan fingerprint density at radius 3 is 3.00 bits per heavy atom. The van der Waals surface area contributed by atoms with E-state index in [0.717, 1.165) is 9.99 Å². The van der Waals surface area contributed by atoms with E-state index in [1.54, 1.807) is 24.4 Å². The third-order valence-corrected chi connectivity index (χ3v) is 4.76. The van der Waals surface area contributed by atoms with Crippen molar-refractivity contribution in [1.29, 1.82) is 0 Å². The van der Waals surface area contributed by atoms with Gasteiger partial charge in [-0.05, 0) is 34.1 Å². The van der Waals surface area contributed by atoms with Gasteiger partial charge in [-0.3, -0.25) is 4.79 Å². The molecule has 7 nitrogen and oxygen atoms in total. The number of fused-ring (bicyclic) bond motifs is 2. The van der Waals surface area contributed by atoms with Crippen LogP contribution in [-0.4, -0.2) is 39.8 Å². The van der Waals surface area contributed by atoms with E-state index in [9.17, 15) is 4.79 Å². The third-order valence-electron chi connectivity index (χ3n) is 3.45. The zero-order valence-corrected chi connectivity index (χ0v) is 15.3. The molecule has 1 aliphatic heterocycles. The number of aromatic nitrogens is 3. The lowest BCUT2D eigenvalue weighted by Gasteiger charge is -2.18. The topological polar surface area (TPSA) is 89.1 Å². The maximum atomic E-state index is 12.2. The summed E-state index contributed by atoms with van der Waals surface area (Å²) in [6.45, 7) is 1.05. The lowest BCUT2D eigenvalue weighted by molar-refractivity contribution is -0.113. The lowest BCUT2D eigenvalue weighted by Crippen LogP contribution is -2.17. The molecule has 1 amide bonds. The number of rotatable bonds is 4. The van der Waals surface area contributed by atoms with Crippen LogP contribution < -0.4 is 14.8 Å². The first kappa shape index (κ1) is 16.2. The Morgan fingerprint density at radius 2 is 2.12 bits per heavy atom. The highest BCUT2D eigenvalue weighted by Gasteiger charge is 2.13. The number of nitrogens with zero attached hydrogens (tertiary/aromatic N) is 2. The largest absolute Gasteiger partial charge is 0.486 e. The van der Waals surface area contributed by atoms with Crippen molar-refractivity contribution in [2.75, 3.05) is 24.3 Å². The monoisotopic (exact) mass is 420 g/mol. The quantitative estimate of drug-likeness (QED) is 0.629. The maximum Gasteiger partial charge on any atom is 0.234 e. The van der Waals surface area contributed by atoms with Gasteiger partial charge in [-0.15, -0.1) is 0 Å². The Kier molecular flexibility index (Phi) is 4.50. The van der Waals surface area contributed by atoms with Crippen LogP contribution in [0.3, 0.4) is 0 Å². The van der Waals surface area contributed by atoms with Crippen LogP contribution in [0.25, 0.3) is 11.2 Å². The molecule has 1 aromatic carbocycles. The molecule has 2 aromatic heterocycles. The van der Waals surface area contributed by atoms with Crippen LogP contribution in [0.2, 0.25) is 0 Å². The van der Waals surface area contributed by atoms with Gasteiger partial charge >= 0.3 is 0 Å². The van der Waals surface area contributed by atoms with Crippen LogP contribution >= 0.6 is 27.7 Å². The maximum absolute atomic E-state index is 12.2. The summed E-state index contributed by atoms with van der Waals surface area (Å²) in [6.07, 6.45) is 1.69. The second-order valence-corrected chi connectivity index (χ2v) is 7.14. The molecule has 0 fully saturated rings. The normalized spacial score (nSPS) is 13.0. The molecule has 3 aromatic rings. The van der Waals surface area contributed by atoms with Crippen molar-refractivity contribution in [3.63, 3.8) is 0 Å². The zero-order chi connectivity index (χ0) is 17.2. The van der Waals surface area contributed by atoms with E-state index in [1.807, 2.05) is 6.07 Å². The van der Waals surface area contributed by atoms with Gasteiger partial charge in [0, 0.05) is 22.4 Å². The van der Waals surface area contributed by atoms with Crippen molar-refractivity contribution in [2.45, 2.75) is 5.16 Å². The zero-order valence-electron chi connectivity index (χ0n) is 12.9. The summed E-state index contributed by atoms with van der Waals surface area (Å²) in [6, 6.07) is 7.24. The highest BCUT2D eigenvalue weighted by atomic mass is 79.9. The Labute approximate surface area is 155 Å². The third kappa shape index (κ3) is 3.72. The van der Waals surface area contributed by atoms with Crippen LogP contribution in [0.1, 0.15) is 0 Å². The number of thioether (sulfide) groups is 1. The van der Waals surface area contributed by atoms with Crippen molar-refractivity contribution in [3.05, 3.63) is 34.9 Å². The number of aromatic amines is 1. The number of amides is 1. The van der Waals surface area contributed by atoms with E-state index >= 15 is 0 Å². The van der Waals surface area contributed by atoms with Crippen LogP contribution in [0, 0.1) is 0 Å². The first-order chi connectivity index (χ1) is 12.2. The van der Waals surface area contributed by atoms with E-state index in [2.05, 4.69) is 36.2 Å². The van der Waals surface area contributed by atoms with Gasteiger partial charge in [-0.1, -0.05) is 11.8 Å². The Morgan fingerprint density at radius 1 is 1.28 bits per heavy atom. The fourth-order valence-corrected chi connectivity index (χ4v) is 3.38. The minimum Gasteiger partial charge on any atom is -0.486 e. The number of nitrogens with one attached hydrogen (secondary N) is 2. The predicted octanol–water partition coefficient (Wildman–Crippen LogP) is 3.22. The number of carbonyl (C=O) groups excluding carboxylic acids is 1. The summed E-state index contributed by atoms with van der Waals surface area (Å²) in [4.78, 5) is 23.9. The Bertz CT molecular complexity index is 946. The summed E-state index contributed by atoms with van der Waals surface area (Å²) in [7, 11) is 0. The number of imidazole rings is 1. The summed E-state index contributed by atoms with van der Waals surface area (Å²) < 4.78 is 11.8. The minimum atomic E-state index is -0.128. The number of ether oxygens (including phenoxy) is 2. The molecular formula is C16H13BrN4O3S. The smallest absolute Gasteiger partial charge is 0.234 e. The first-order valence-electron chi connectivity index (χ1n) is 7.51. The van der Waals surface area contributed by atoms with E-state index in [0.29, 0.717) is 41.2 Å². The molecule has 1 aliphatic rings. The number of halogens is 1. The average molecular weight is 421 g/mol. The van der Waals surface area contributed by atoms with Crippen molar-refractivity contribution >= 4 is 50.5 Å². The number of anilines is 1. The van der Waals surface area contributed by atoms with Crippen molar-refractivity contribution in [2.24, 2.45) is 0 Å². The highest BCUT2D eigenvalue weighted by Crippen LogP contribution is 2.32. The number of hydrogen-bond acceptors (Lipinski definition) is 6. The molecular weight excluding hydrogens is 408 g/mol. The van der Waals surface area contributed by atoms with Gasteiger partial charge in [0.1, 0.15) is 13.2 Å². The summed E-state index contributed by atoms with van der Waals surface area (Å²) in [5.74, 6) is 1.44. The molecule has 128 valence electrons. The fourth-order valence-electron chi connectivity index (χ4n) is 2.37. The number of hydrogen-bond donors (Lipinski definition) is 2. The van der Waals surface area contributed by atoms with Gasteiger partial charge in [0.15, 0.2) is 22.3 Å². The van der Waals surface area contributed by atoms with Crippen LogP contribution in [0.5, 0.6) is 11.5 Å². The molecule has 0 bridgehead atoms. The fraction of sp³-hybridized carbons (Fsp3) is 0.188. The van der Waals surface area contributed by atoms with Gasteiger partial charge in [0.2, 0.25) is 5.91 Å². The molecule has 0 aliphatic carbocycles. The van der Waals surface area contributed by atoms with Gasteiger partial charge in [-0.2, -0.15) is 0 Å². The molecule has 0 saturated carbocycles. The number of H-pyrrole nitrogens is 1. The average Bonchev–Trinajstić information content (AvgIpc) is 3.02. The number of carbonyl (C=O) groups is 1. The van der Waals surface area contributed by atoms with Crippen molar-refractivity contribution in [1.82, 2.24) is 15.0 Å². The Balaban J connectivity index is 1.38. The molecule has 9 heteroatoms. The van der Waals surface area contributed by atoms with Gasteiger partial charge < -0.3 is 19.8 Å². The molecule has 3 heterocycles. The SMILES string of the molecule is O=C(CSc1nc2ncc(Br)cc2[nH]1)Nc1ccc2c(c1)OCCO2. The number of pyridine rings is 1. The van der Waals surface area contributed by atoms with Crippen molar-refractivity contribution in [3.8, 4) is 11.5 Å². The van der Waals surface area contributed by atoms with Gasteiger partial charge in [0.25, 0.3) is 0 Å². The molecule has 0 atom stereocenters. The minimum absolute atomic E-state index is 0.128. The van der Waals surface area contributed by atoms with E-state index < -0.39 is 0 Å². The molecule has 4 rings (SSSR count). The molecule has 25 heavy (non-hydrogen) atoms. The van der Waals surface area contributed by atoms with E-state index in [1.165, 1.54) is 11.8 Å². The molecule has 2 N–H and O–H groups in total. The van der Waals surface area contributed by atoms with Crippen molar-refractivity contribution < 1.29 is 14.3 Å². The summed E-state index contributed by atoms with van der Waals surface area (Å²) in [5, 5.41) is 3.50. The van der Waals surface area contributed by atoms with E-state index in [-0.39, 0.29) is 11.7 Å². The second kappa shape index (κ2) is 6.93. The highest BCUT2D eigenvalue weighted by molar-refractivity contribution is 9.10. The first-order valence-corrected chi connectivity index (χ1v) is 9.29. The van der Waals surface area contributed by atoms with Crippen LogP contribution in [0.15, 0.2) is 40.1 Å². The summed E-state index contributed by atoms with van der Waals surface area (Å²) in [5.41, 5.74) is 2.12. The molecule has 0 spiro atoms. The van der Waals surface area contributed by atoms with Crippen LogP contribution in [-0.2, 0) is 4.79 Å². The van der Waals surface area contributed by atoms with Gasteiger partial charge in [-0.25, -0.2) is 9.97 Å². The molecule has 0 unspecified atom stereocenters. The predicted molar refractivity (Wildman–Crippen MR) is 98.4 cm³/mol. The standard InChI is InChI=1S/C16H13BrN4O3S/c17-9-5-11-15(18-7-9)21-16(20-11)25-8-14(22)19-10-1-2-12-13(6-10)24-4-3-23-12/h1-2,5-7H,3-4,8H2,(H,19,22)(H,18,20,21). The van der Waals surface area contributed by atoms with Gasteiger partial charge in [0.05, 0.1) is 11.3 Å². The Hall–Kier alpha value is -2.26. The second-order valence-electron chi connectivity index (χ2n) is 5.26.